The maximum Gasteiger partial charge on any atom is 0.436 e. The Bertz CT molecular complexity index is 882. The van der Waals surface area contributed by atoms with Crippen LogP contribution in [0.3, 0.4) is 0 Å². The molecule has 0 aliphatic rings. The second-order valence-corrected chi connectivity index (χ2v) is 6.69. The van der Waals surface area contributed by atoms with Crippen molar-refractivity contribution in [1.29, 1.82) is 0 Å². The molecule has 0 atom stereocenters. The lowest BCUT2D eigenvalue weighted by Crippen LogP contribution is -2.24. The van der Waals surface area contributed by atoms with Gasteiger partial charge in [-0.2, -0.15) is 5.10 Å². The summed E-state index contributed by atoms with van der Waals surface area (Å²) < 4.78 is 15.9. The Balaban J connectivity index is 2.44. The van der Waals surface area contributed by atoms with Gasteiger partial charge in [-0.15, -0.1) is 4.68 Å². The number of carbonyl (C=O) groups is 3. The van der Waals surface area contributed by atoms with Gasteiger partial charge in [-0.3, -0.25) is 0 Å². The quantitative estimate of drug-likeness (QED) is 0.612. The van der Waals surface area contributed by atoms with Crippen LogP contribution >= 0.6 is 0 Å². The summed E-state index contributed by atoms with van der Waals surface area (Å²) in [4.78, 5) is 36.5. The summed E-state index contributed by atoms with van der Waals surface area (Å²) in [7, 11) is 1.27. The average Bonchev–Trinajstić information content (AvgIpc) is 3.04. The topological polar surface area (TPSA) is 109 Å². The number of aromatic nitrogens is 2. The monoisotopic (exact) mass is 389 g/mol. The van der Waals surface area contributed by atoms with Crippen LogP contribution in [0.4, 0.5) is 16.3 Å². The lowest BCUT2D eigenvalue weighted by atomic mass is 10.2. The van der Waals surface area contributed by atoms with E-state index in [4.69, 9.17) is 14.2 Å². The largest absolute Gasteiger partial charge is 0.465 e. The minimum absolute atomic E-state index is 0.0824. The fourth-order valence-corrected chi connectivity index (χ4v) is 2.24. The number of carbonyl (C=O) groups excluding carboxylic acids is 3. The maximum absolute atomic E-state index is 12.3. The third-order valence-electron chi connectivity index (χ3n) is 3.35. The van der Waals surface area contributed by atoms with Gasteiger partial charge < -0.3 is 19.5 Å². The van der Waals surface area contributed by atoms with Crippen molar-refractivity contribution in [2.45, 2.75) is 33.3 Å². The highest BCUT2D eigenvalue weighted by Gasteiger charge is 2.25. The molecule has 1 heterocycles. The minimum Gasteiger partial charge on any atom is -0.465 e. The van der Waals surface area contributed by atoms with E-state index < -0.39 is 23.6 Å². The SMILES string of the molecule is CCOC(=O)n1nc(C(=O)OC(C)(C)C)cc1Nc1ccccc1C(=O)OC. The molecule has 2 aromatic rings. The van der Waals surface area contributed by atoms with Gasteiger partial charge in [0.25, 0.3) is 0 Å². The van der Waals surface area contributed by atoms with Crippen molar-refractivity contribution >= 4 is 29.5 Å². The zero-order valence-electron chi connectivity index (χ0n) is 16.4. The van der Waals surface area contributed by atoms with Gasteiger partial charge in [0.15, 0.2) is 5.69 Å². The predicted molar refractivity (Wildman–Crippen MR) is 101 cm³/mol. The molecule has 0 aliphatic heterocycles. The van der Waals surface area contributed by atoms with Gasteiger partial charge in [0.1, 0.15) is 11.4 Å². The molecule has 0 saturated carbocycles. The predicted octanol–water partition coefficient (Wildman–Crippen LogP) is 3.37. The van der Waals surface area contributed by atoms with Crippen LogP contribution in [0, 0.1) is 0 Å². The molecule has 0 saturated heterocycles. The molecule has 1 aromatic carbocycles. The number of benzene rings is 1. The summed E-state index contributed by atoms with van der Waals surface area (Å²) in [6, 6.07) is 7.91. The Morgan fingerprint density at radius 3 is 2.43 bits per heavy atom. The van der Waals surface area contributed by atoms with E-state index in [9.17, 15) is 14.4 Å². The van der Waals surface area contributed by atoms with Crippen LogP contribution in [-0.2, 0) is 14.2 Å². The number of anilines is 2. The van der Waals surface area contributed by atoms with Crippen molar-refractivity contribution in [3.05, 3.63) is 41.6 Å². The van der Waals surface area contributed by atoms with E-state index in [2.05, 4.69) is 10.4 Å². The average molecular weight is 389 g/mol. The second-order valence-electron chi connectivity index (χ2n) is 6.69. The van der Waals surface area contributed by atoms with Gasteiger partial charge in [0.05, 0.1) is 25.0 Å². The summed E-state index contributed by atoms with van der Waals surface area (Å²) in [6.07, 6.45) is -0.782. The number of hydrogen-bond donors (Lipinski definition) is 1. The third-order valence-corrected chi connectivity index (χ3v) is 3.35. The number of nitrogens with zero attached hydrogens (tertiary/aromatic N) is 2. The molecule has 0 aliphatic carbocycles. The first kappa shape index (κ1) is 20.9. The first-order chi connectivity index (χ1) is 13.2. The van der Waals surface area contributed by atoms with E-state index in [1.54, 1.807) is 52.0 Å². The first-order valence-electron chi connectivity index (χ1n) is 8.61. The summed E-state index contributed by atoms with van der Waals surface area (Å²) in [6.45, 7) is 6.94. The van der Waals surface area contributed by atoms with Crippen molar-refractivity contribution in [1.82, 2.24) is 9.78 Å². The number of ether oxygens (including phenoxy) is 3. The van der Waals surface area contributed by atoms with Crippen LogP contribution in [0.1, 0.15) is 48.5 Å². The van der Waals surface area contributed by atoms with E-state index in [1.807, 2.05) is 0 Å². The highest BCUT2D eigenvalue weighted by atomic mass is 16.6. The summed E-state index contributed by atoms with van der Waals surface area (Å²) in [5.41, 5.74) is -0.187. The van der Waals surface area contributed by atoms with Gasteiger partial charge in [-0.05, 0) is 39.8 Å². The summed E-state index contributed by atoms with van der Waals surface area (Å²) in [5, 5.41) is 6.92. The van der Waals surface area contributed by atoms with Crippen LogP contribution in [-0.4, -0.2) is 47.1 Å². The molecule has 9 heteroatoms. The van der Waals surface area contributed by atoms with Crippen molar-refractivity contribution in [3.8, 4) is 0 Å². The van der Waals surface area contributed by atoms with Gasteiger partial charge in [0, 0.05) is 6.07 Å². The van der Waals surface area contributed by atoms with E-state index >= 15 is 0 Å². The molecule has 0 amide bonds. The molecule has 150 valence electrons. The van der Waals surface area contributed by atoms with Crippen LogP contribution < -0.4 is 5.32 Å². The van der Waals surface area contributed by atoms with Crippen LogP contribution in [0.2, 0.25) is 0 Å². The van der Waals surface area contributed by atoms with E-state index in [1.165, 1.54) is 13.2 Å². The van der Waals surface area contributed by atoms with Crippen molar-refractivity contribution in [2.75, 3.05) is 19.0 Å². The summed E-state index contributed by atoms with van der Waals surface area (Å²) >= 11 is 0. The molecule has 1 N–H and O–H groups in total. The third kappa shape index (κ3) is 5.09. The molecular formula is C19H23N3O6. The van der Waals surface area contributed by atoms with Gasteiger partial charge in [-0.25, -0.2) is 14.4 Å². The highest BCUT2D eigenvalue weighted by Crippen LogP contribution is 2.23. The molecule has 0 fully saturated rings. The smallest absolute Gasteiger partial charge is 0.436 e. The zero-order chi connectivity index (χ0) is 20.9. The fourth-order valence-electron chi connectivity index (χ4n) is 2.24. The van der Waals surface area contributed by atoms with Crippen LogP contribution in [0.5, 0.6) is 0 Å². The molecule has 0 bridgehead atoms. The van der Waals surface area contributed by atoms with E-state index in [0.717, 1.165) is 4.68 Å². The van der Waals surface area contributed by atoms with Gasteiger partial charge in [-0.1, -0.05) is 12.1 Å². The lowest BCUT2D eigenvalue weighted by Gasteiger charge is -2.18. The standard InChI is InChI=1S/C19H23N3O6/c1-6-27-18(25)22-15(11-14(21-22)17(24)28-19(2,3)4)20-13-10-8-7-9-12(13)16(23)26-5/h7-11,20H,6H2,1-5H3. The molecule has 0 spiro atoms. The number of hydrogen-bond acceptors (Lipinski definition) is 8. The highest BCUT2D eigenvalue weighted by molar-refractivity contribution is 5.97. The molecule has 1 aromatic heterocycles. The van der Waals surface area contributed by atoms with Crippen molar-refractivity contribution < 1.29 is 28.6 Å². The molecule has 2 rings (SSSR count). The van der Waals surface area contributed by atoms with Gasteiger partial charge in [0.2, 0.25) is 0 Å². The van der Waals surface area contributed by atoms with Crippen molar-refractivity contribution in [2.24, 2.45) is 0 Å². The molecule has 0 radical (unpaired) electrons. The van der Waals surface area contributed by atoms with Crippen molar-refractivity contribution in [3.63, 3.8) is 0 Å². The molecule has 9 nitrogen and oxygen atoms in total. The lowest BCUT2D eigenvalue weighted by molar-refractivity contribution is 0.00621. The Hall–Kier alpha value is -3.36. The fraction of sp³-hybridized carbons (Fsp3) is 0.368. The molecular weight excluding hydrogens is 366 g/mol. The number of rotatable bonds is 5. The van der Waals surface area contributed by atoms with E-state index in [-0.39, 0.29) is 23.7 Å². The normalized spacial score (nSPS) is 10.9. The molecule has 0 unspecified atom stereocenters. The number of methoxy groups -OCH3 is 1. The number of para-hydroxylation sites is 1. The summed E-state index contributed by atoms with van der Waals surface area (Å²) in [5.74, 6) is -1.12. The number of nitrogens with one attached hydrogen (secondary N) is 1. The van der Waals surface area contributed by atoms with E-state index in [0.29, 0.717) is 5.69 Å². The first-order valence-corrected chi connectivity index (χ1v) is 8.61. The maximum atomic E-state index is 12.3. The van der Waals surface area contributed by atoms with Gasteiger partial charge >= 0.3 is 18.0 Å². The van der Waals surface area contributed by atoms with Crippen LogP contribution in [0.25, 0.3) is 0 Å². The number of esters is 2. The minimum atomic E-state index is -0.782. The zero-order valence-corrected chi connectivity index (χ0v) is 16.4. The van der Waals surface area contributed by atoms with Crippen LogP contribution in [0.15, 0.2) is 30.3 Å². The Morgan fingerprint density at radius 1 is 1.14 bits per heavy atom. The molecule has 28 heavy (non-hydrogen) atoms. The Kier molecular flexibility index (Phi) is 6.40. The second kappa shape index (κ2) is 8.55. The Morgan fingerprint density at radius 2 is 1.82 bits per heavy atom. The Labute approximate surface area is 162 Å².